The van der Waals surface area contributed by atoms with E-state index < -0.39 is 0 Å². The Hall–Kier alpha value is -1.71. The van der Waals surface area contributed by atoms with Crippen molar-refractivity contribution in [2.75, 3.05) is 0 Å². The van der Waals surface area contributed by atoms with Gasteiger partial charge in [0, 0.05) is 31.2 Å². The van der Waals surface area contributed by atoms with Crippen LogP contribution in [0.5, 0.6) is 0 Å². The van der Waals surface area contributed by atoms with Gasteiger partial charge in [-0.1, -0.05) is 0 Å². The third-order valence-electron chi connectivity index (χ3n) is 2.71. The summed E-state index contributed by atoms with van der Waals surface area (Å²) >= 11 is 0. The van der Waals surface area contributed by atoms with E-state index >= 15 is 0 Å². The van der Waals surface area contributed by atoms with Gasteiger partial charge in [0.25, 0.3) is 0 Å². The predicted octanol–water partition coefficient (Wildman–Crippen LogP) is 1.18. The van der Waals surface area contributed by atoms with Crippen LogP contribution in [-0.2, 0) is 4.79 Å². The molecule has 0 saturated heterocycles. The van der Waals surface area contributed by atoms with Gasteiger partial charge in [-0.15, -0.1) is 0 Å². The lowest BCUT2D eigenvalue weighted by Crippen LogP contribution is -2.21. The number of carbonyl (C=O) groups is 1. The molecule has 1 saturated carbocycles. The Morgan fingerprint density at radius 1 is 1.43 bits per heavy atom. The van der Waals surface area contributed by atoms with Gasteiger partial charge >= 0.3 is 0 Å². The second-order valence-electron chi connectivity index (χ2n) is 3.64. The number of ketones is 1. The minimum Gasteiger partial charge on any atom is -0.303 e. The quantitative estimate of drug-likeness (QED) is 0.673. The van der Waals surface area contributed by atoms with Crippen LogP contribution >= 0.6 is 0 Å². The Morgan fingerprint density at radius 3 is 3.07 bits per heavy atom. The predicted molar refractivity (Wildman–Crippen MR) is 50.0 cm³/mol. The lowest BCUT2D eigenvalue weighted by molar-refractivity contribution is -0.124. The van der Waals surface area contributed by atoms with Gasteiger partial charge in [-0.05, 0) is 0 Å². The van der Waals surface area contributed by atoms with Crippen LogP contribution in [0.4, 0.5) is 0 Å². The Morgan fingerprint density at radius 2 is 2.29 bits per heavy atom. The highest BCUT2D eigenvalue weighted by Gasteiger charge is 2.30. The maximum Gasteiger partial charge on any atom is 0.134 e. The molecule has 0 bridgehead atoms. The van der Waals surface area contributed by atoms with Crippen molar-refractivity contribution in [3.63, 3.8) is 0 Å². The molecule has 0 N–H and O–H groups in total. The van der Waals surface area contributed by atoms with Crippen molar-refractivity contribution in [1.29, 1.82) is 0 Å². The van der Waals surface area contributed by atoms with Crippen molar-refractivity contribution in [2.45, 2.75) is 18.8 Å². The van der Waals surface area contributed by atoms with Crippen LogP contribution in [0, 0.1) is 0 Å². The maximum atomic E-state index is 10.9. The number of rotatable bonds is 1. The van der Waals surface area contributed by atoms with Gasteiger partial charge in [-0.25, -0.2) is 4.98 Å². The summed E-state index contributed by atoms with van der Waals surface area (Å²) in [4.78, 5) is 19.3. The Kier molecular flexibility index (Phi) is 1.45. The summed E-state index contributed by atoms with van der Waals surface area (Å²) in [5.74, 6) is 0.650. The summed E-state index contributed by atoms with van der Waals surface area (Å²) in [7, 11) is 0. The molecule has 2 heterocycles. The van der Waals surface area contributed by atoms with E-state index in [1.807, 2.05) is 10.6 Å². The molecule has 4 heteroatoms. The minimum atomic E-state index is 0.316. The molecule has 0 aromatic carbocycles. The van der Waals surface area contributed by atoms with E-state index in [-0.39, 0.29) is 0 Å². The Bertz CT molecular complexity index is 495. The fourth-order valence-corrected chi connectivity index (χ4v) is 1.86. The molecule has 4 nitrogen and oxygen atoms in total. The zero-order valence-corrected chi connectivity index (χ0v) is 7.55. The van der Waals surface area contributed by atoms with Crippen LogP contribution in [0.25, 0.3) is 5.52 Å². The normalized spacial score (nSPS) is 17.3. The lowest BCUT2D eigenvalue weighted by Gasteiger charge is -2.22. The summed E-state index contributed by atoms with van der Waals surface area (Å²) in [6.07, 6.45) is 8.44. The van der Waals surface area contributed by atoms with Gasteiger partial charge in [0.1, 0.15) is 5.78 Å². The molecule has 3 rings (SSSR count). The van der Waals surface area contributed by atoms with Crippen molar-refractivity contribution in [1.82, 2.24) is 14.4 Å². The molecule has 1 aliphatic carbocycles. The van der Waals surface area contributed by atoms with Crippen molar-refractivity contribution in [2.24, 2.45) is 0 Å². The monoisotopic (exact) mass is 187 g/mol. The minimum absolute atomic E-state index is 0.316. The molecule has 0 unspecified atom stereocenters. The van der Waals surface area contributed by atoms with Crippen LogP contribution < -0.4 is 0 Å². The zero-order chi connectivity index (χ0) is 9.54. The summed E-state index contributed by atoms with van der Waals surface area (Å²) in [5.41, 5.74) is 2.03. The molecule has 14 heavy (non-hydrogen) atoms. The summed E-state index contributed by atoms with van der Waals surface area (Å²) in [6.45, 7) is 0. The summed E-state index contributed by atoms with van der Waals surface area (Å²) < 4.78 is 1.94. The standard InChI is InChI=1S/C10H9N3O/c14-8-3-7(4-8)10-9-5-11-1-2-13(9)6-12-10/h1-2,5-7H,3-4H2. The van der Waals surface area contributed by atoms with E-state index in [0.717, 1.165) is 11.2 Å². The second kappa shape index (κ2) is 2.64. The Balaban J connectivity index is 2.09. The van der Waals surface area contributed by atoms with E-state index in [4.69, 9.17) is 0 Å². The topological polar surface area (TPSA) is 47.3 Å². The number of fused-ring (bicyclic) bond motifs is 1. The molecule has 0 spiro atoms. The number of imidazole rings is 1. The SMILES string of the molecule is O=C1CC(c2ncn3ccncc23)C1. The number of aromatic nitrogens is 3. The first-order valence-corrected chi connectivity index (χ1v) is 4.63. The lowest BCUT2D eigenvalue weighted by atomic mass is 9.81. The van der Waals surface area contributed by atoms with Gasteiger partial charge in [0.15, 0.2) is 0 Å². The van der Waals surface area contributed by atoms with E-state index in [0.29, 0.717) is 24.5 Å². The van der Waals surface area contributed by atoms with Crippen LogP contribution in [0.15, 0.2) is 24.9 Å². The molecular weight excluding hydrogens is 178 g/mol. The summed E-state index contributed by atoms with van der Waals surface area (Å²) in [5, 5.41) is 0. The van der Waals surface area contributed by atoms with E-state index in [1.54, 1.807) is 18.7 Å². The third-order valence-corrected chi connectivity index (χ3v) is 2.71. The number of carbonyl (C=O) groups excluding carboxylic acids is 1. The van der Waals surface area contributed by atoms with Crippen molar-refractivity contribution >= 4 is 11.3 Å². The first-order valence-electron chi connectivity index (χ1n) is 4.63. The number of hydrogen-bond donors (Lipinski definition) is 0. The number of Topliss-reactive ketones (excluding diaryl/α,β-unsaturated/α-hetero) is 1. The van der Waals surface area contributed by atoms with Crippen molar-refractivity contribution in [3.8, 4) is 0 Å². The fraction of sp³-hybridized carbons (Fsp3) is 0.300. The highest BCUT2D eigenvalue weighted by molar-refractivity contribution is 5.87. The first kappa shape index (κ1) is 7.67. The molecule has 0 atom stereocenters. The fourth-order valence-electron chi connectivity index (χ4n) is 1.86. The molecule has 1 fully saturated rings. The van der Waals surface area contributed by atoms with Crippen LogP contribution in [-0.4, -0.2) is 20.2 Å². The van der Waals surface area contributed by atoms with Crippen LogP contribution in [0.2, 0.25) is 0 Å². The molecule has 0 amide bonds. The van der Waals surface area contributed by atoms with Gasteiger partial charge in [-0.3, -0.25) is 9.78 Å². The van der Waals surface area contributed by atoms with E-state index in [1.165, 1.54) is 0 Å². The van der Waals surface area contributed by atoms with E-state index in [2.05, 4.69) is 9.97 Å². The molecule has 0 aliphatic heterocycles. The molecular formula is C10H9N3O. The third kappa shape index (κ3) is 0.968. The van der Waals surface area contributed by atoms with Crippen LogP contribution in [0.1, 0.15) is 24.5 Å². The largest absolute Gasteiger partial charge is 0.303 e. The van der Waals surface area contributed by atoms with Gasteiger partial charge in [0.2, 0.25) is 0 Å². The van der Waals surface area contributed by atoms with Crippen molar-refractivity contribution < 1.29 is 4.79 Å². The summed E-state index contributed by atoms with van der Waals surface area (Å²) in [6, 6.07) is 0. The van der Waals surface area contributed by atoms with Crippen LogP contribution in [0.3, 0.4) is 0 Å². The average molecular weight is 187 g/mol. The second-order valence-corrected chi connectivity index (χ2v) is 3.64. The molecule has 0 radical (unpaired) electrons. The van der Waals surface area contributed by atoms with Gasteiger partial charge < -0.3 is 4.40 Å². The number of nitrogens with zero attached hydrogens (tertiary/aromatic N) is 3. The van der Waals surface area contributed by atoms with Crippen molar-refractivity contribution in [3.05, 3.63) is 30.6 Å². The van der Waals surface area contributed by atoms with E-state index in [9.17, 15) is 4.79 Å². The van der Waals surface area contributed by atoms with Gasteiger partial charge in [-0.2, -0.15) is 0 Å². The molecule has 1 aliphatic rings. The smallest absolute Gasteiger partial charge is 0.134 e. The highest BCUT2D eigenvalue weighted by Crippen LogP contribution is 2.34. The Labute approximate surface area is 80.6 Å². The average Bonchev–Trinajstić information content (AvgIpc) is 2.56. The van der Waals surface area contributed by atoms with Gasteiger partial charge in [0.05, 0.1) is 23.7 Å². The first-order chi connectivity index (χ1) is 6.84. The molecule has 70 valence electrons. The number of hydrogen-bond acceptors (Lipinski definition) is 3. The molecule has 2 aromatic heterocycles. The maximum absolute atomic E-state index is 10.9. The zero-order valence-electron chi connectivity index (χ0n) is 7.55. The molecule has 2 aromatic rings. The highest BCUT2D eigenvalue weighted by atomic mass is 16.1.